The minimum Gasteiger partial charge on any atom is -0.237 e. The van der Waals surface area contributed by atoms with Gasteiger partial charge in [-0.05, 0) is 163 Å². The van der Waals surface area contributed by atoms with Crippen LogP contribution < -0.4 is 11.1 Å². The van der Waals surface area contributed by atoms with E-state index >= 15 is 0 Å². The Kier molecular flexibility index (Phi) is 7.61. The molecule has 48 heavy (non-hydrogen) atoms. The summed E-state index contributed by atoms with van der Waals surface area (Å²) in [4.78, 5) is 19.3. The van der Waals surface area contributed by atoms with Gasteiger partial charge in [0.25, 0.3) is 0 Å². The Labute approximate surface area is 288 Å². The maximum absolute atomic E-state index is 4.82. The first-order valence-corrected chi connectivity index (χ1v) is 21.9. The minimum atomic E-state index is -0.941. The average molecular weight is 671 g/mol. The Morgan fingerprint density at radius 1 is 0.479 bits per heavy atom. The van der Waals surface area contributed by atoms with Crippen LogP contribution in [0.15, 0.2) is 85.5 Å². The molecule has 0 amide bonds. The van der Waals surface area contributed by atoms with Crippen molar-refractivity contribution in [1.82, 2.24) is 19.9 Å². The van der Waals surface area contributed by atoms with E-state index < -0.39 is 7.92 Å². The van der Waals surface area contributed by atoms with E-state index in [0.717, 1.165) is 52.8 Å². The molecule has 246 valence electrons. The Morgan fingerprint density at radius 2 is 0.938 bits per heavy atom. The molecule has 12 rings (SSSR count). The van der Waals surface area contributed by atoms with E-state index in [-0.39, 0.29) is 7.92 Å². The molecule has 8 aliphatic rings. The monoisotopic (exact) mass is 670 g/mol. The summed E-state index contributed by atoms with van der Waals surface area (Å²) in [6.07, 6.45) is 28.3. The zero-order valence-electron chi connectivity index (χ0n) is 28.1. The zero-order valence-corrected chi connectivity index (χ0v) is 29.9. The zero-order chi connectivity index (χ0) is 31.7. The summed E-state index contributed by atoms with van der Waals surface area (Å²) in [7, 11) is -1.10. The highest BCUT2D eigenvalue weighted by Crippen LogP contribution is 2.79. The van der Waals surface area contributed by atoms with Gasteiger partial charge in [0.1, 0.15) is 0 Å². The lowest BCUT2D eigenvalue weighted by atomic mass is 9.55. The third-order valence-corrected chi connectivity index (χ3v) is 19.8. The molecule has 8 bridgehead atoms. The summed E-state index contributed by atoms with van der Waals surface area (Å²) >= 11 is 0. The maximum Gasteiger partial charge on any atom is 0.158 e. The van der Waals surface area contributed by atoms with Gasteiger partial charge >= 0.3 is 0 Å². The van der Waals surface area contributed by atoms with Crippen molar-refractivity contribution in [3.8, 4) is 11.1 Å². The largest absolute Gasteiger partial charge is 0.237 e. The first kappa shape index (κ1) is 30.3. The molecule has 0 spiro atoms. The molecular formula is C42H48N4P2. The van der Waals surface area contributed by atoms with Crippen LogP contribution in [0.4, 0.5) is 0 Å². The van der Waals surface area contributed by atoms with Crippen LogP contribution >= 0.6 is 15.8 Å². The van der Waals surface area contributed by atoms with Crippen LogP contribution in [0.25, 0.3) is 11.1 Å². The molecule has 8 saturated carbocycles. The molecule has 2 heterocycles. The molecule has 6 heteroatoms. The summed E-state index contributed by atoms with van der Waals surface area (Å²) in [5.74, 6) is 6.05. The highest BCUT2D eigenvalue weighted by atomic mass is 31.1. The Balaban J connectivity index is 1.09. The van der Waals surface area contributed by atoms with E-state index in [0.29, 0.717) is 10.3 Å². The van der Waals surface area contributed by atoms with E-state index in [1.807, 2.05) is 36.9 Å². The third-order valence-electron chi connectivity index (χ3n) is 13.7. The fourth-order valence-corrected chi connectivity index (χ4v) is 19.9. The predicted octanol–water partition coefficient (Wildman–Crippen LogP) is 9.49. The summed E-state index contributed by atoms with van der Waals surface area (Å²) in [5.41, 5.74) is 7.50. The summed E-state index contributed by atoms with van der Waals surface area (Å²) in [6, 6.07) is 22.4. The van der Waals surface area contributed by atoms with Gasteiger partial charge in [-0.15, -0.1) is 0 Å². The van der Waals surface area contributed by atoms with Gasteiger partial charge in [-0.25, -0.2) is 19.9 Å². The van der Waals surface area contributed by atoms with Gasteiger partial charge in [0.2, 0.25) is 0 Å². The predicted molar refractivity (Wildman–Crippen MR) is 198 cm³/mol. The Hall–Kier alpha value is -2.54. The van der Waals surface area contributed by atoms with Crippen LogP contribution in [-0.4, -0.2) is 30.2 Å². The molecule has 0 aliphatic heterocycles. The van der Waals surface area contributed by atoms with Crippen LogP contribution in [0.1, 0.15) is 88.2 Å². The van der Waals surface area contributed by atoms with Crippen LogP contribution in [0, 0.1) is 35.5 Å². The van der Waals surface area contributed by atoms with Crippen LogP contribution in [0.5, 0.6) is 0 Å². The second-order valence-corrected chi connectivity index (χ2v) is 21.9. The molecule has 4 nitrogen and oxygen atoms in total. The van der Waals surface area contributed by atoms with E-state index in [1.165, 1.54) is 61.4 Å². The molecule has 0 saturated heterocycles. The van der Waals surface area contributed by atoms with Crippen molar-refractivity contribution in [2.75, 3.05) is 0 Å². The summed E-state index contributed by atoms with van der Waals surface area (Å²) < 4.78 is 0. The van der Waals surface area contributed by atoms with E-state index in [2.05, 4.69) is 48.5 Å². The highest BCUT2D eigenvalue weighted by molar-refractivity contribution is 7.71. The number of hydrogen-bond acceptors (Lipinski definition) is 4. The van der Waals surface area contributed by atoms with Crippen LogP contribution in [0.2, 0.25) is 0 Å². The number of rotatable bonds is 9. The van der Waals surface area contributed by atoms with Gasteiger partial charge in [0, 0.05) is 38.9 Å². The van der Waals surface area contributed by atoms with Gasteiger partial charge in [0.15, 0.2) is 11.1 Å². The molecular weight excluding hydrogens is 622 g/mol. The smallest absolute Gasteiger partial charge is 0.158 e. The first-order valence-electron chi connectivity index (χ1n) is 18.9. The molecule has 2 aromatic carbocycles. The number of nitrogens with zero attached hydrogens (tertiary/aromatic N) is 4. The van der Waals surface area contributed by atoms with Gasteiger partial charge in [-0.3, -0.25) is 0 Å². The van der Waals surface area contributed by atoms with Crippen molar-refractivity contribution in [3.63, 3.8) is 0 Å². The minimum absolute atomic E-state index is 0.154. The first-order chi connectivity index (χ1) is 23.6. The third kappa shape index (κ3) is 5.40. The van der Waals surface area contributed by atoms with Gasteiger partial charge < -0.3 is 0 Å². The summed E-state index contributed by atoms with van der Waals surface area (Å²) in [6.45, 7) is 0. The highest BCUT2D eigenvalue weighted by Gasteiger charge is 2.62. The van der Waals surface area contributed by atoms with Gasteiger partial charge in [-0.1, -0.05) is 56.5 Å². The van der Waals surface area contributed by atoms with Crippen LogP contribution in [-0.2, 0) is 12.3 Å². The molecule has 2 aromatic heterocycles. The lowest BCUT2D eigenvalue weighted by Crippen LogP contribution is -2.56. The quantitative estimate of drug-likeness (QED) is 0.167. The van der Waals surface area contributed by atoms with Crippen molar-refractivity contribution in [2.45, 2.75) is 99.7 Å². The SMILES string of the molecule is c1ccc(-c2ccc(CP(C34CC5CC(CC(C5)C3)C4)C34CC5CC(CC(C5)C3)C4)c(CP(c3ncccn3)c3ncccn3)c2)cc1. The second-order valence-electron chi connectivity index (χ2n) is 16.9. The topological polar surface area (TPSA) is 51.6 Å². The fourth-order valence-electron chi connectivity index (χ4n) is 12.8. The van der Waals surface area contributed by atoms with Gasteiger partial charge in [0.05, 0.1) is 0 Å². The second kappa shape index (κ2) is 12.1. The number of benzene rings is 2. The lowest BCUT2D eigenvalue weighted by molar-refractivity contribution is 0.0184. The van der Waals surface area contributed by atoms with E-state index in [1.54, 1.807) is 44.1 Å². The van der Waals surface area contributed by atoms with Crippen molar-refractivity contribution in [2.24, 2.45) is 35.5 Å². The fraction of sp³-hybridized carbons (Fsp3) is 0.524. The molecule has 8 aliphatic carbocycles. The van der Waals surface area contributed by atoms with E-state index in [9.17, 15) is 0 Å². The van der Waals surface area contributed by atoms with E-state index in [4.69, 9.17) is 19.9 Å². The molecule has 0 unspecified atom stereocenters. The molecule has 4 aromatic rings. The molecule has 0 N–H and O–H groups in total. The average Bonchev–Trinajstić information content (AvgIpc) is 3.10. The van der Waals surface area contributed by atoms with Crippen molar-refractivity contribution < 1.29 is 0 Å². The molecule has 0 radical (unpaired) electrons. The Bertz CT molecular complexity index is 1610. The Morgan fingerprint density at radius 3 is 1.40 bits per heavy atom. The number of hydrogen-bond donors (Lipinski definition) is 0. The maximum atomic E-state index is 4.82. The number of aromatic nitrogens is 4. The molecule has 0 atom stereocenters. The van der Waals surface area contributed by atoms with Crippen LogP contribution in [0.3, 0.4) is 0 Å². The van der Waals surface area contributed by atoms with Crippen molar-refractivity contribution >= 4 is 27.0 Å². The normalized spacial score (nSPS) is 34.9. The standard InChI is InChI=1S/C42H48N4P2/c1-2-6-35(7-3-1)36-8-9-37(38(20-36)27-47(39-43-10-4-11-44-39)40-45-12-5-13-46-40)28-48(41-21-29-14-30(22-41)16-31(15-29)23-41)42-24-32-17-33(25-42)19-34(18-32)26-42/h1-13,20,29-34H,14-19,21-28H2. The summed E-state index contributed by atoms with van der Waals surface area (Å²) in [5, 5.41) is 1.22. The molecule has 8 fully saturated rings. The van der Waals surface area contributed by atoms with Crippen molar-refractivity contribution in [1.29, 1.82) is 0 Å². The lowest BCUT2D eigenvalue weighted by Gasteiger charge is -2.67. The van der Waals surface area contributed by atoms with Crippen molar-refractivity contribution in [3.05, 3.63) is 96.6 Å². The van der Waals surface area contributed by atoms with Gasteiger partial charge in [-0.2, -0.15) is 0 Å².